The molecule has 1 fully saturated rings. The van der Waals surface area contributed by atoms with Gasteiger partial charge in [-0.25, -0.2) is 8.78 Å². The van der Waals surface area contributed by atoms with Crippen LogP contribution in [0.4, 0.5) is 22.0 Å². The zero-order valence-corrected chi connectivity index (χ0v) is 12.1. The van der Waals surface area contributed by atoms with Crippen molar-refractivity contribution in [1.82, 2.24) is 4.90 Å². The first-order chi connectivity index (χ1) is 9.16. The van der Waals surface area contributed by atoms with Crippen molar-refractivity contribution in [3.8, 4) is 0 Å². The molecule has 0 aliphatic carbocycles. The molecule has 0 spiro atoms. The first-order valence-electron chi connectivity index (χ1n) is 6.13. The van der Waals surface area contributed by atoms with Gasteiger partial charge in [-0.3, -0.25) is 4.90 Å². The second kappa shape index (κ2) is 5.60. The van der Waals surface area contributed by atoms with Gasteiger partial charge in [0.25, 0.3) is 5.92 Å². The summed E-state index contributed by atoms with van der Waals surface area (Å²) in [6, 6.07) is 3.66. The molecule has 1 aliphatic heterocycles. The van der Waals surface area contributed by atoms with Crippen LogP contribution in [0.3, 0.4) is 0 Å². The normalized spacial score (nSPS) is 20.1. The van der Waals surface area contributed by atoms with E-state index in [1.54, 1.807) is 11.0 Å². The molecule has 0 saturated carbocycles. The van der Waals surface area contributed by atoms with Gasteiger partial charge in [0.1, 0.15) is 0 Å². The van der Waals surface area contributed by atoms with Gasteiger partial charge in [0.2, 0.25) is 0 Å². The average Bonchev–Trinajstić information content (AvgIpc) is 2.30. The maximum Gasteiger partial charge on any atom is 0.416 e. The third-order valence-corrected chi connectivity index (χ3v) is 3.74. The van der Waals surface area contributed by atoms with Gasteiger partial charge in [-0.1, -0.05) is 15.9 Å². The van der Waals surface area contributed by atoms with E-state index in [1.807, 2.05) is 0 Å². The van der Waals surface area contributed by atoms with Crippen molar-refractivity contribution >= 4 is 15.9 Å². The number of nitrogens with zero attached hydrogens (tertiary/aromatic N) is 1. The second-order valence-electron chi connectivity index (χ2n) is 4.98. The second-order valence-corrected chi connectivity index (χ2v) is 5.89. The lowest BCUT2D eigenvalue weighted by Crippen LogP contribution is -2.38. The molecule has 1 heterocycles. The first kappa shape index (κ1) is 15.7. The molecule has 1 aromatic carbocycles. The number of alkyl halides is 5. The molecule has 0 bridgehead atoms. The van der Waals surface area contributed by atoms with Crippen LogP contribution >= 0.6 is 15.9 Å². The quantitative estimate of drug-likeness (QED) is 0.693. The zero-order chi connectivity index (χ0) is 15.0. The van der Waals surface area contributed by atoms with Crippen LogP contribution in [0.2, 0.25) is 0 Å². The van der Waals surface area contributed by atoms with Crippen molar-refractivity contribution in [2.75, 3.05) is 13.1 Å². The molecule has 0 atom stereocenters. The molecule has 1 aliphatic rings. The van der Waals surface area contributed by atoms with Crippen LogP contribution in [0.25, 0.3) is 0 Å². The lowest BCUT2D eigenvalue weighted by atomic mass is 10.0. The summed E-state index contributed by atoms with van der Waals surface area (Å²) in [4.78, 5) is 1.75. The molecule has 2 rings (SSSR count). The Hall–Kier alpha value is -0.690. The topological polar surface area (TPSA) is 3.24 Å². The molecule has 0 amide bonds. The first-order valence-corrected chi connectivity index (χ1v) is 6.92. The van der Waals surface area contributed by atoms with Crippen molar-refractivity contribution < 1.29 is 22.0 Å². The summed E-state index contributed by atoms with van der Waals surface area (Å²) in [6.45, 7) is 0.639. The summed E-state index contributed by atoms with van der Waals surface area (Å²) in [6.07, 6.45) is -4.90. The Morgan fingerprint density at radius 1 is 1.10 bits per heavy atom. The molecule has 0 unspecified atom stereocenters. The summed E-state index contributed by atoms with van der Waals surface area (Å²) in [5.74, 6) is -2.65. The highest BCUT2D eigenvalue weighted by Gasteiger charge is 2.34. The van der Waals surface area contributed by atoms with Crippen molar-refractivity contribution in [3.63, 3.8) is 0 Å². The molecule has 0 N–H and O–H groups in total. The van der Waals surface area contributed by atoms with Crippen molar-refractivity contribution in [1.29, 1.82) is 0 Å². The number of piperidine rings is 1. The SMILES string of the molecule is FC1(F)CCN(Cc2cc(Br)cc(C(F)(F)F)c2)CC1. The van der Waals surface area contributed by atoms with Crippen LogP contribution in [-0.2, 0) is 12.7 Å². The standard InChI is InChI=1S/C13H13BrF5N/c14-11-6-9(5-10(7-11)13(17,18)19)8-20-3-1-12(15,16)2-4-20/h5-7H,1-4,8H2. The van der Waals surface area contributed by atoms with Crippen LogP contribution in [0.5, 0.6) is 0 Å². The highest BCUT2D eigenvalue weighted by Crippen LogP contribution is 2.33. The number of halogens is 6. The van der Waals surface area contributed by atoms with E-state index in [4.69, 9.17) is 0 Å². The molecule has 1 aromatic rings. The molecular weight excluding hydrogens is 345 g/mol. The van der Waals surface area contributed by atoms with E-state index in [0.29, 0.717) is 10.0 Å². The Morgan fingerprint density at radius 3 is 2.25 bits per heavy atom. The Kier molecular flexibility index (Phi) is 4.39. The van der Waals surface area contributed by atoms with E-state index < -0.39 is 17.7 Å². The van der Waals surface area contributed by atoms with Gasteiger partial charge in [0, 0.05) is 36.9 Å². The minimum Gasteiger partial charge on any atom is -0.299 e. The van der Waals surface area contributed by atoms with Crippen molar-refractivity contribution in [2.45, 2.75) is 31.5 Å². The van der Waals surface area contributed by atoms with E-state index in [1.165, 1.54) is 0 Å². The largest absolute Gasteiger partial charge is 0.416 e. The predicted octanol–water partition coefficient (Wildman–Crippen LogP) is 4.70. The van der Waals surface area contributed by atoms with Crippen molar-refractivity contribution in [3.05, 3.63) is 33.8 Å². The lowest BCUT2D eigenvalue weighted by Gasteiger charge is -2.31. The third-order valence-electron chi connectivity index (χ3n) is 3.28. The molecule has 7 heteroatoms. The lowest BCUT2D eigenvalue weighted by molar-refractivity contribution is -0.137. The number of likely N-dealkylation sites (tertiary alicyclic amines) is 1. The van der Waals surface area contributed by atoms with E-state index in [2.05, 4.69) is 15.9 Å². The number of hydrogen-bond donors (Lipinski definition) is 0. The highest BCUT2D eigenvalue weighted by atomic mass is 79.9. The number of rotatable bonds is 2. The summed E-state index contributed by atoms with van der Waals surface area (Å²) < 4.78 is 64.5. The van der Waals surface area contributed by atoms with Gasteiger partial charge in [-0.05, 0) is 23.8 Å². The van der Waals surface area contributed by atoms with E-state index in [-0.39, 0.29) is 32.5 Å². The van der Waals surface area contributed by atoms with Gasteiger partial charge in [-0.2, -0.15) is 13.2 Å². The molecular formula is C13H13BrF5N. The fourth-order valence-electron chi connectivity index (χ4n) is 2.20. The van der Waals surface area contributed by atoms with Gasteiger partial charge in [0.05, 0.1) is 5.56 Å². The number of benzene rings is 1. The molecule has 0 aromatic heterocycles. The Morgan fingerprint density at radius 2 is 1.70 bits per heavy atom. The maximum atomic E-state index is 13.0. The molecule has 20 heavy (non-hydrogen) atoms. The summed E-state index contributed by atoms with van der Waals surface area (Å²) >= 11 is 3.05. The zero-order valence-electron chi connectivity index (χ0n) is 10.5. The monoisotopic (exact) mass is 357 g/mol. The predicted molar refractivity (Wildman–Crippen MR) is 68.6 cm³/mol. The van der Waals surface area contributed by atoms with Crippen LogP contribution in [0.1, 0.15) is 24.0 Å². The van der Waals surface area contributed by atoms with Crippen LogP contribution < -0.4 is 0 Å². The van der Waals surface area contributed by atoms with Gasteiger partial charge in [-0.15, -0.1) is 0 Å². The highest BCUT2D eigenvalue weighted by molar-refractivity contribution is 9.10. The molecule has 1 nitrogen and oxygen atoms in total. The third kappa shape index (κ3) is 4.15. The summed E-state index contributed by atoms with van der Waals surface area (Å²) in [5, 5.41) is 0. The molecule has 112 valence electrons. The Balaban J connectivity index is 2.09. The Labute approximate surface area is 121 Å². The van der Waals surface area contributed by atoms with Crippen LogP contribution in [-0.4, -0.2) is 23.9 Å². The van der Waals surface area contributed by atoms with E-state index in [9.17, 15) is 22.0 Å². The Bertz CT molecular complexity index is 476. The van der Waals surface area contributed by atoms with Crippen LogP contribution in [0.15, 0.2) is 22.7 Å². The summed E-state index contributed by atoms with van der Waals surface area (Å²) in [5.41, 5.74) is -0.263. The van der Waals surface area contributed by atoms with E-state index in [0.717, 1.165) is 12.1 Å². The van der Waals surface area contributed by atoms with Gasteiger partial charge < -0.3 is 0 Å². The molecule has 1 saturated heterocycles. The van der Waals surface area contributed by atoms with Crippen molar-refractivity contribution in [2.24, 2.45) is 0 Å². The summed E-state index contributed by atoms with van der Waals surface area (Å²) in [7, 11) is 0. The fourth-order valence-corrected chi connectivity index (χ4v) is 2.74. The smallest absolute Gasteiger partial charge is 0.299 e. The number of hydrogen-bond acceptors (Lipinski definition) is 1. The van der Waals surface area contributed by atoms with Gasteiger partial charge >= 0.3 is 6.18 Å². The average molecular weight is 358 g/mol. The minimum absolute atomic E-state index is 0.195. The van der Waals surface area contributed by atoms with Crippen LogP contribution in [0, 0.1) is 0 Å². The maximum absolute atomic E-state index is 13.0. The fraction of sp³-hybridized carbons (Fsp3) is 0.538. The van der Waals surface area contributed by atoms with Gasteiger partial charge in [0.15, 0.2) is 0 Å². The van der Waals surface area contributed by atoms with E-state index >= 15 is 0 Å². The molecule has 0 radical (unpaired) electrons. The minimum atomic E-state index is -4.41.